The van der Waals surface area contributed by atoms with Crippen LogP contribution in [0.15, 0.2) is 36.5 Å². The Balaban J connectivity index is 0.00000161. The van der Waals surface area contributed by atoms with Gasteiger partial charge < -0.3 is 10.6 Å². The van der Waals surface area contributed by atoms with Crippen LogP contribution in [0.4, 0.5) is 0 Å². The lowest BCUT2D eigenvalue weighted by Gasteiger charge is -2.27. The zero-order valence-electron chi connectivity index (χ0n) is 11.9. The van der Waals surface area contributed by atoms with Crippen LogP contribution >= 0.6 is 12.4 Å². The van der Waals surface area contributed by atoms with Crippen molar-refractivity contribution in [3.8, 4) is 5.69 Å². The highest BCUT2D eigenvalue weighted by atomic mass is 35.5. The fourth-order valence-electron chi connectivity index (χ4n) is 2.29. The summed E-state index contributed by atoms with van der Waals surface area (Å²) in [6, 6.07) is 9.83. The molecule has 1 aliphatic heterocycles. The molecular formula is C15H19ClN4O. The molecule has 5 nitrogen and oxygen atoms in total. The standard InChI is InChI=1S/C15H18N4O.ClH/c1-11-14(15(20)17-9-12-7-16-8-12)10-18-19(11)13-5-3-2-4-6-13;/h2-6,10,12,16H,7-9H2,1H3,(H,17,20);1H. The molecule has 0 saturated carbocycles. The van der Waals surface area contributed by atoms with Crippen LogP contribution in [-0.2, 0) is 0 Å². The van der Waals surface area contributed by atoms with Crippen molar-refractivity contribution < 1.29 is 4.79 Å². The lowest BCUT2D eigenvalue weighted by Crippen LogP contribution is -2.48. The van der Waals surface area contributed by atoms with Gasteiger partial charge in [0.15, 0.2) is 0 Å². The summed E-state index contributed by atoms with van der Waals surface area (Å²) in [5, 5.41) is 10.5. The highest BCUT2D eigenvalue weighted by Gasteiger charge is 2.19. The fraction of sp³-hybridized carbons (Fsp3) is 0.333. The summed E-state index contributed by atoms with van der Waals surface area (Å²) in [7, 11) is 0. The van der Waals surface area contributed by atoms with Gasteiger partial charge in [-0.15, -0.1) is 12.4 Å². The molecule has 0 spiro atoms. The molecule has 6 heteroatoms. The summed E-state index contributed by atoms with van der Waals surface area (Å²) >= 11 is 0. The van der Waals surface area contributed by atoms with E-state index in [0.717, 1.165) is 31.0 Å². The van der Waals surface area contributed by atoms with Crippen molar-refractivity contribution in [2.75, 3.05) is 19.6 Å². The van der Waals surface area contributed by atoms with Gasteiger partial charge in [0.2, 0.25) is 0 Å². The van der Waals surface area contributed by atoms with E-state index in [9.17, 15) is 4.79 Å². The van der Waals surface area contributed by atoms with Crippen LogP contribution in [0.5, 0.6) is 0 Å². The van der Waals surface area contributed by atoms with Gasteiger partial charge in [0.1, 0.15) is 0 Å². The average molecular weight is 307 g/mol. The van der Waals surface area contributed by atoms with Gasteiger partial charge in [0.05, 0.1) is 23.1 Å². The van der Waals surface area contributed by atoms with Gasteiger partial charge in [-0.05, 0) is 19.1 Å². The Morgan fingerprint density at radius 1 is 1.38 bits per heavy atom. The van der Waals surface area contributed by atoms with Crippen LogP contribution < -0.4 is 10.6 Å². The summed E-state index contributed by atoms with van der Waals surface area (Å²) in [4.78, 5) is 12.2. The Labute approximate surface area is 130 Å². The predicted molar refractivity (Wildman–Crippen MR) is 84.2 cm³/mol. The van der Waals surface area contributed by atoms with E-state index in [1.807, 2.05) is 37.3 Å². The molecule has 0 radical (unpaired) electrons. The molecule has 2 aromatic rings. The number of para-hydroxylation sites is 1. The molecule has 1 fully saturated rings. The first-order chi connectivity index (χ1) is 9.75. The number of benzene rings is 1. The molecule has 1 saturated heterocycles. The van der Waals surface area contributed by atoms with Gasteiger partial charge in [-0.25, -0.2) is 4.68 Å². The van der Waals surface area contributed by atoms with Gasteiger partial charge in [-0.2, -0.15) is 5.10 Å². The number of hydrogen-bond acceptors (Lipinski definition) is 3. The summed E-state index contributed by atoms with van der Waals surface area (Å²) < 4.78 is 1.79. The highest BCUT2D eigenvalue weighted by Crippen LogP contribution is 2.14. The van der Waals surface area contributed by atoms with E-state index in [0.29, 0.717) is 11.5 Å². The highest BCUT2D eigenvalue weighted by molar-refractivity contribution is 5.95. The Hall–Kier alpha value is -1.85. The third kappa shape index (κ3) is 3.25. The molecule has 3 rings (SSSR count). The minimum Gasteiger partial charge on any atom is -0.352 e. The number of rotatable bonds is 4. The Bertz CT molecular complexity index is 607. The first kappa shape index (κ1) is 15.5. The monoisotopic (exact) mass is 306 g/mol. The van der Waals surface area contributed by atoms with Crippen LogP contribution in [0.25, 0.3) is 5.69 Å². The van der Waals surface area contributed by atoms with Crippen molar-refractivity contribution in [3.63, 3.8) is 0 Å². The van der Waals surface area contributed by atoms with Crippen molar-refractivity contribution in [2.24, 2.45) is 5.92 Å². The normalized spacial score (nSPS) is 14.1. The number of carbonyl (C=O) groups is 1. The molecule has 0 bridgehead atoms. The number of nitrogens with zero attached hydrogens (tertiary/aromatic N) is 2. The lowest BCUT2D eigenvalue weighted by molar-refractivity contribution is 0.0941. The third-order valence-corrected chi connectivity index (χ3v) is 3.67. The molecule has 1 aromatic heterocycles. The molecule has 1 aromatic carbocycles. The smallest absolute Gasteiger partial charge is 0.254 e. The number of amides is 1. The molecule has 1 amide bonds. The second-order valence-electron chi connectivity index (χ2n) is 5.13. The van der Waals surface area contributed by atoms with E-state index in [4.69, 9.17) is 0 Å². The molecule has 1 aliphatic rings. The zero-order valence-corrected chi connectivity index (χ0v) is 12.7. The number of aromatic nitrogens is 2. The van der Waals surface area contributed by atoms with E-state index < -0.39 is 0 Å². The summed E-state index contributed by atoms with van der Waals surface area (Å²) in [6.45, 7) is 4.62. The SMILES string of the molecule is Cc1c(C(=O)NCC2CNC2)cnn1-c1ccccc1.Cl. The molecule has 2 heterocycles. The molecule has 0 unspecified atom stereocenters. The first-order valence-corrected chi connectivity index (χ1v) is 6.84. The van der Waals surface area contributed by atoms with Crippen LogP contribution in [0, 0.1) is 12.8 Å². The largest absolute Gasteiger partial charge is 0.352 e. The van der Waals surface area contributed by atoms with E-state index >= 15 is 0 Å². The number of carbonyl (C=O) groups excluding carboxylic acids is 1. The molecule has 112 valence electrons. The second kappa shape index (κ2) is 6.74. The van der Waals surface area contributed by atoms with Gasteiger partial charge >= 0.3 is 0 Å². The van der Waals surface area contributed by atoms with Crippen LogP contribution in [0.3, 0.4) is 0 Å². The molecule has 2 N–H and O–H groups in total. The van der Waals surface area contributed by atoms with Crippen molar-refractivity contribution >= 4 is 18.3 Å². The number of hydrogen-bond donors (Lipinski definition) is 2. The maximum atomic E-state index is 12.2. The van der Waals surface area contributed by atoms with Gasteiger partial charge in [-0.3, -0.25) is 4.79 Å². The first-order valence-electron chi connectivity index (χ1n) is 6.84. The third-order valence-electron chi connectivity index (χ3n) is 3.67. The minimum absolute atomic E-state index is 0. The molecule has 0 atom stereocenters. The van der Waals surface area contributed by atoms with Crippen molar-refractivity contribution in [3.05, 3.63) is 47.8 Å². The summed E-state index contributed by atoms with van der Waals surface area (Å²) in [5.41, 5.74) is 2.47. The van der Waals surface area contributed by atoms with Crippen LogP contribution in [0.2, 0.25) is 0 Å². The Morgan fingerprint density at radius 3 is 2.71 bits per heavy atom. The predicted octanol–water partition coefficient (Wildman–Crippen LogP) is 1.55. The van der Waals surface area contributed by atoms with Gasteiger partial charge in [0, 0.05) is 25.6 Å². The molecule has 0 aliphatic carbocycles. The minimum atomic E-state index is -0.0448. The average Bonchev–Trinajstić information content (AvgIpc) is 2.80. The van der Waals surface area contributed by atoms with Crippen LogP contribution in [-0.4, -0.2) is 35.3 Å². The van der Waals surface area contributed by atoms with Crippen molar-refractivity contribution in [2.45, 2.75) is 6.92 Å². The number of nitrogens with one attached hydrogen (secondary N) is 2. The van der Waals surface area contributed by atoms with Gasteiger partial charge in [0.25, 0.3) is 5.91 Å². The summed E-state index contributed by atoms with van der Waals surface area (Å²) in [6.07, 6.45) is 1.64. The second-order valence-corrected chi connectivity index (χ2v) is 5.13. The topological polar surface area (TPSA) is 59.0 Å². The van der Waals surface area contributed by atoms with E-state index in [1.165, 1.54) is 0 Å². The van der Waals surface area contributed by atoms with E-state index in [1.54, 1.807) is 10.9 Å². The van der Waals surface area contributed by atoms with E-state index in [2.05, 4.69) is 15.7 Å². The van der Waals surface area contributed by atoms with Gasteiger partial charge in [-0.1, -0.05) is 18.2 Å². The number of halogens is 1. The quantitative estimate of drug-likeness (QED) is 0.901. The Morgan fingerprint density at radius 2 is 2.10 bits per heavy atom. The summed E-state index contributed by atoms with van der Waals surface area (Å²) in [5.74, 6) is 0.514. The van der Waals surface area contributed by atoms with Crippen molar-refractivity contribution in [1.29, 1.82) is 0 Å². The Kier molecular flexibility index (Phi) is 4.98. The molecular weight excluding hydrogens is 288 g/mol. The maximum absolute atomic E-state index is 12.2. The van der Waals surface area contributed by atoms with Crippen molar-refractivity contribution in [1.82, 2.24) is 20.4 Å². The fourth-order valence-corrected chi connectivity index (χ4v) is 2.29. The lowest BCUT2D eigenvalue weighted by atomic mass is 10.0. The zero-order chi connectivity index (χ0) is 13.9. The molecule has 21 heavy (non-hydrogen) atoms. The maximum Gasteiger partial charge on any atom is 0.254 e. The van der Waals surface area contributed by atoms with Crippen LogP contribution in [0.1, 0.15) is 16.1 Å². The van der Waals surface area contributed by atoms with E-state index in [-0.39, 0.29) is 18.3 Å².